The molecule has 0 rings (SSSR count). The number of hydrogen-bond donors (Lipinski definition) is 0. The van der Waals surface area contributed by atoms with Crippen molar-refractivity contribution in [1.29, 1.82) is 0 Å². The molecule has 0 aliphatic carbocycles. The molecule has 0 amide bonds. The molecule has 0 aromatic rings. The van der Waals surface area contributed by atoms with Crippen molar-refractivity contribution < 1.29 is 42.5 Å². The second kappa shape index (κ2) is 16.0. The van der Waals surface area contributed by atoms with E-state index in [1.54, 1.807) is 0 Å². The first-order valence-corrected chi connectivity index (χ1v) is 9.18. The van der Waals surface area contributed by atoms with Gasteiger partial charge in [-0.15, -0.1) is 6.58 Å². The molecule has 0 saturated carbocycles. The van der Waals surface area contributed by atoms with Gasteiger partial charge < -0.3 is 4.55 Å². The smallest absolute Gasteiger partial charge is 0.748 e. The van der Waals surface area contributed by atoms with Crippen LogP contribution in [0.1, 0.15) is 77.0 Å². The fraction of sp³-hybridized carbons (Fsp3) is 0.867. The van der Waals surface area contributed by atoms with Gasteiger partial charge in [0.05, 0.1) is 10.1 Å². The summed E-state index contributed by atoms with van der Waals surface area (Å²) in [7, 11) is -3.99. The van der Waals surface area contributed by atoms with Crippen LogP contribution >= 0.6 is 0 Å². The summed E-state index contributed by atoms with van der Waals surface area (Å²) in [6.07, 6.45) is 15.8. The molecule has 0 unspecified atom stereocenters. The van der Waals surface area contributed by atoms with Crippen LogP contribution < -0.4 is 29.6 Å². The Kier molecular flexibility index (Phi) is 18.4. The predicted molar refractivity (Wildman–Crippen MR) is 80.2 cm³/mol. The predicted octanol–water partition coefficient (Wildman–Crippen LogP) is 1.40. The van der Waals surface area contributed by atoms with Gasteiger partial charge in [-0.3, -0.25) is 0 Å². The first kappa shape index (κ1) is 22.9. The molecule has 3 nitrogen and oxygen atoms in total. The van der Waals surface area contributed by atoms with E-state index >= 15 is 0 Å². The zero-order chi connectivity index (χ0) is 14.4. The fourth-order valence-electron chi connectivity index (χ4n) is 2.16. The summed E-state index contributed by atoms with van der Waals surface area (Å²) in [5.41, 5.74) is 0. The van der Waals surface area contributed by atoms with E-state index in [0.717, 1.165) is 25.7 Å². The Morgan fingerprint density at radius 1 is 0.750 bits per heavy atom. The molecule has 0 atom stereocenters. The van der Waals surface area contributed by atoms with Crippen LogP contribution in [-0.4, -0.2) is 18.7 Å². The van der Waals surface area contributed by atoms with E-state index < -0.39 is 10.1 Å². The normalized spacial score (nSPS) is 11.1. The Bertz CT molecular complexity index is 302. The van der Waals surface area contributed by atoms with Crippen molar-refractivity contribution >= 4 is 10.1 Å². The van der Waals surface area contributed by atoms with Crippen LogP contribution in [0.25, 0.3) is 0 Å². The Morgan fingerprint density at radius 2 is 1.10 bits per heavy atom. The van der Waals surface area contributed by atoms with Crippen LogP contribution in [0, 0.1) is 0 Å². The Hall–Kier alpha value is 0.650. The van der Waals surface area contributed by atoms with Crippen LogP contribution in [0.2, 0.25) is 0 Å². The monoisotopic (exact) mass is 312 g/mol. The van der Waals surface area contributed by atoms with E-state index in [1.165, 1.54) is 44.9 Å². The molecule has 0 saturated heterocycles. The Morgan fingerprint density at radius 3 is 1.45 bits per heavy atom. The average Bonchev–Trinajstić information content (AvgIpc) is 2.34. The summed E-state index contributed by atoms with van der Waals surface area (Å²) in [6.45, 7) is 3.71. The third-order valence-corrected chi connectivity index (χ3v) is 4.09. The molecule has 0 aliphatic heterocycles. The van der Waals surface area contributed by atoms with Crippen LogP contribution in [0.15, 0.2) is 12.7 Å². The van der Waals surface area contributed by atoms with E-state index in [2.05, 4.69) is 6.58 Å². The molecule has 0 aromatic carbocycles. The van der Waals surface area contributed by atoms with Crippen molar-refractivity contribution in [1.82, 2.24) is 0 Å². The molecule has 0 spiro atoms. The van der Waals surface area contributed by atoms with Crippen molar-refractivity contribution in [3.8, 4) is 0 Å². The molecule has 0 aromatic heterocycles. The van der Waals surface area contributed by atoms with E-state index in [0.29, 0.717) is 6.42 Å². The average molecular weight is 312 g/mol. The minimum Gasteiger partial charge on any atom is -0.748 e. The maximum Gasteiger partial charge on any atom is 1.00 e. The van der Waals surface area contributed by atoms with Gasteiger partial charge in [-0.25, -0.2) is 8.42 Å². The van der Waals surface area contributed by atoms with Gasteiger partial charge in [0, 0.05) is 5.75 Å². The SMILES string of the molecule is C=CCCCCCCCCCCCCCS(=O)(=O)[O-].[Na+]. The Labute approximate surface area is 147 Å². The number of allylic oxidation sites excluding steroid dienone is 1. The van der Waals surface area contributed by atoms with Crippen molar-refractivity contribution in [2.24, 2.45) is 0 Å². The summed E-state index contributed by atoms with van der Waals surface area (Å²) >= 11 is 0. The molecule has 5 heteroatoms. The van der Waals surface area contributed by atoms with E-state index in [1.807, 2.05) is 6.08 Å². The molecule has 0 aliphatic rings. The van der Waals surface area contributed by atoms with E-state index in [4.69, 9.17) is 0 Å². The van der Waals surface area contributed by atoms with Gasteiger partial charge in [-0.05, 0) is 19.3 Å². The zero-order valence-corrected chi connectivity index (χ0v) is 15.9. The van der Waals surface area contributed by atoms with Crippen LogP contribution in [-0.2, 0) is 10.1 Å². The van der Waals surface area contributed by atoms with Crippen molar-refractivity contribution in [3.63, 3.8) is 0 Å². The van der Waals surface area contributed by atoms with Crippen LogP contribution in [0.3, 0.4) is 0 Å². The largest absolute Gasteiger partial charge is 1.00 e. The molecule has 0 heterocycles. The fourth-order valence-corrected chi connectivity index (χ4v) is 2.72. The van der Waals surface area contributed by atoms with Gasteiger partial charge in [-0.1, -0.05) is 63.9 Å². The summed E-state index contributed by atoms with van der Waals surface area (Å²) in [5.74, 6) is -0.197. The zero-order valence-electron chi connectivity index (χ0n) is 13.1. The first-order valence-electron chi connectivity index (χ1n) is 7.61. The number of unbranched alkanes of at least 4 members (excludes halogenated alkanes) is 11. The Balaban J connectivity index is 0. The van der Waals surface area contributed by atoms with E-state index in [-0.39, 0.29) is 35.3 Å². The third kappa shape index (κ3) is 21.0. The second-order valence-corrected chi connectivity index (χ2v) is 6.75. The summed E-state index contributed by atoms with van der Waals surface area (Å²) < 4.78 is 31.1. The van der Waals surface area contributed by atoms with Crippen molar-refractivity contribution in [3.05, 3.63) is 12.7 Å². The van der Waals surface area contributed by atoms with Gasteiger partial charge in [-0.2, -0.15) is 0 Å². The summed E-state index contributed by atoms with van der Waals surface area (Å²) in [4.78, 5) is 0. The quantitative estimate of drug-likeness (QED) is 0.211. The minimum atomic E-state index is -3.99. The van der Waals surface area contributed by atoms with Gasteiger partial charge >= 0.3 is 29.6 Å². The minimum absolute atomic E-state index is 0. The first-order chi connectivity index (χ1) is 9.06. The molecule has 0 fully saturated rings. The molecule has 114 valence electrons. The van der Waals surface area contributed by atoms with E-state index in [9.17, 15) is 13.0 Å². The maximum atomic E-state index is 10.4. The molecule has 20 heavy (non-hydrogen) atoms. The van der Waals surface area contributed by atoms with Gasteiger partial charge in [0.15, 0.2) is 0 Å². The van der Waals surface area contributed by atoms with Gasteiger partial charge in [0.2, 0.25) is 0 Å². The summed E-state index contributed by atoms with van der Waals surface area (Å²) in [5, 5.41) is 0. The molecule has 0 N–H and O–H groups in total. The second-order valence-electron chi connectivity index (χ2n) is 5.23. The molecular formula is C15H29NaO3S. The van der Waals surface area contributed by atoms with Crippen molar-refractivity contribution in [2.75, 3.05) is 5.75 Å². The number of rotatable bonds is 14. The maximum absolute atomic E-state index is 10.4. The molecule has 0 bridgehead atoms. The molecular weight excluding hydrogens is 283 g/mol. The summed E-state index contributed by atoms with van der Waals surface area (Å²) in [6, 6.07) is 0. The van der Waals surface area contributed by atoms with Gasteiger partial charge in [0.1, 0.15) is 0 Å². The molecule has 0 radical (unpaired) electrons. The standard InChI is InChI=1S/C15H30O3S.Na/c1-2-3-4-5-6-7-8-9-10-11-12-13-14-15-19(16,17)18;/h2H,1,3-15H2,(H,16,17,18);/q;+1/p-1. The topological polar surface area (TPSA) is 57.2 Å². The van der Waals surface area contributed by atoms with Gasteiger partial charge in [0.25, 0.3) is 0 Å². The number of hydrogen-bond acceptors (Lipinski definition) is 3. The van der Waals surface area contributed by atoms with Crippen molar-refractivity contribution in [2.45, 2.75) is 77.0 Å². The van der Waals surface area contributed by atoms with Crippen LogP contribution in [0.4, 0.5) is 0 Å². The van der Waals surface area contributed by atoms with Crippen LogP contribution in [0.5, 0.6) is 0 Å². The third-order valence-electron chi connectivity index (χ3n) is 3.30.